The molecule has 28 heavy (non-hydrogen) atoms. The quantitative estimate of drug-likeness (QED) is 0.769. The van der Waals surface area contributed by atoms with Crippen molar-refractivity contribution in [2.75, 3.05) is 26.0 Å². The highest BCUT2D eigenvalue weighted by Crippen LogP contribution is 2.24. The molecule has 150 valence electrons. The van der Waals surface area contributed by atoms with Crippen LogP contribution in [0.25, 0.3) is 0 Å². The van der Waals surface area contributed by atoms with E-state index in [9.17, 15) is 13.2 Å². The summed E-state index contributed by atoms with van der Waals surface area (Å²) in [5.74, 6) is 1.11. The molecule has 0 bridgehead atoms. The zero-order valence-corrected chi connectivity index (χ0v) is 16.7. The molecular formula is C19H24N4O4S. The van der Waals surface area contributed by atoms with Crippen LogP contribution in [0.2, 0.25) is 0 Å². The Balaban J connectivity index is 1.66. The van der Waals surface area contributed by atoms with Gasteiger partial charge in [0, 0.05) is 18.8 Å². The lowest BCUT2D eigenvalue weighted by molar-refractivity contribution is 0.206. The van der Waals surface area contributed by atoms with Gasteiger partial charge >= 0.3 is 6.03 Å². The second-order valence-corrected chi connectivity index (χ2v) is 8.45. The zero-order chi connectivity index (χ0) is 20.1. The van der Waals surface area contributed by atoms with Crippen LogP contribution in [0.5, 0.6) is 5.75 Å². The monoisotopic (exact) mass is 404 g/mol. The highest BCUT2D eigenvalue weighted by Gasteiger charge is 2.29. The van der Waals surface area contributed by atoms with Gasteiger partial charge in [0.2, 0.25) is 10.0 Å². The fourth-order valence-corrected chi connectivity index (χ4v) is 3.97. The standard InChI is InChI=1S/C19H24N4O4S/c1-20-28(25,26)17-8-9-18(21-13-17)22-19(24)23-10-4-6-15(23)11-14-5-3-7-16(12-14)27-2/h3,5,7-9,12-13,15,20H,4,6,10-11H2,1-2H3,(H,21,22,24). The zero-order valence-electron chi connectivity index (χ0n) is 15.9. The van der Waals surface area contributed by atoms with E-state index in [0.717, 1.165) is 30.6 Å². The molecule has 1 unspecified atom stereocenters. The number of rotatable bonds is 6. The van der Waals surface area contributed by atoms with Crippen molar-refractivity contribution in [1.82, 2.24) is 14.6 Å². The molecule has 0 aliphatic carbocycles. The van der Waals surface area contributed by atoms with Gasteiger partial charge in [-0.2, -0.15) is 0 Å². The highest BCUT2D eigenvalue weighted by molar-refractivity contribution is 7.89. The molecule has 1 atom stereocenters. The van der Waals surface area contributed by atoms with Gasteiger partial charge in [-0.05, 0) is 56.1 Å². The Morgan fingerprint density at radius 3 is 2.82 bits per heavy atom. The lowest BCUT2D eigenvalue weighted by Crippen LogP contribution is -2.39. The van der Waals surface area contributed by atoms with Crippen LogP contribution < -0.4 is 14.8 Å². The summed E-state index contributed by atoms with van der Waals surface area (Å²) in [5.41, 5.74) is 1.11. The van der Waals surface area contributed by atoms with Gasteiger partial charge in [-0.3, -0.25) is 5.32 Å². The molecule has 2 heterocycles. The molecule has 2 amide bonds. The number of aromatic nitrogens is 1. The summed E-state index contributed by atoms with van der Waals surface area (Å²) >= 11 is 0. The van der Waals surface area contributed by atoms with E-state index in [1.165, 1.54) is 25.4 Å². The van der Waals surface area contributed by atoms with Gasteiger partial charge in [0.1, 0.15) is 16.5 Å². The predicted molar refractivity (Wildman–Crippen MR) is 106 cm³/mol. The predicted octanol–water partition coefficient (Wildman–Crippen LogP) is 2.24. The second kappa shape index (κ2) is 8.57. The van der Waals surface area contributed by atoms with E-state index in [2.05, 4.69) is 15.0 Å². The summed E-state index contributed by atoms with van der Waals surface area (Å²) < 4.78 is 31.0. The maximum atomic E-state index is 12.7. The Labute approximate surface area is 165 Å². The topological polar surface area (TPSA) is 101 Å². The maximum absolute atomic E-state index is 12.7. The van der Waals surface area contributed by atoms with Crippen LogP contribution in [0.1, 0.15) is 18.4 Å². The van der Waals surface area contributed by atoms with Crippen LogP contribution in [0.3, 0.4) is 0 Å². The average Bonchev–Trinajstić information content (AvgIpc) is 3.16. The highest BCUT2D eigenvalue weighted by atomic mass is 32.2. The number of methoxy groups -OCH3 is 1. The number of sulfonamides is 1. The molecule has 1 aliphatic heterocycles. The Kier molecular flexibility index (Phi) is 6.15. The number of anilines is 1. The van der Waals surface area contributed by atoms with Gasteiger partial charge in [0.25, 0.3) is 0 Å². The largest absolute Gasteiger partial charge is 0.497 e. The van der Waals surface area contributed by atoms with Crippen LogP contribution in [-0.2, 0) is 16.4 Å². The number of urea groups is 1. The minimum Gasteiger partial charge on any atom is -0.497 e. The molecule has 2 aromatic rings. The number of hydrogen-bond acceptors (Lipinski definition) is 5. The van der Waals surface area contributed by atoms with Crippen LogP contribution in [0, 0.1) is 0 Å². The fraction of sp³-hybridized carbons (Fsp3) is 0.368. The third kappa shape index (κ3) is 4.60. The normalized spacial score (nSPS) is 16.8. The summed E-state index contributed by atoms with van der Waals surface area (Å²) in [7, 11) is -0.586. The third-order valence-corrected chi connectivity index (χ3v) is 6.19. The van der Waals surface area contributed by atoms with E-state index in [0.29, 0.717) is 12.4 Å². The van der Waals surface area contributed by atoms with Crippen molar-refractivity contribution in [2.45, 2.75) is 30.2 Å². The Morgan fingerprint density at radius 1 is 1.32 bits per heavy atom. The summed E-state index contributed by atoms with van der Waals surface area (Å²) in [5, 5.41) is 2.75. The minimum atomic E-state index is -3.55. The number of benzene rings is 1. The number of ether oxygens (including phenoxy) is 1. The van der Waals surface area contributed by atoms with Crippen molar-refractivity contribution >= 4 is 21.9 Å². The lowest BCUT2D eigenvalue weighted by Gasteiger charge is -2.25. The number of carbonyl (C=O) groups is 1. The summed E-state index contributed by atoms with van der Waals surface area (Å²) in [4.78, 5) is 18.6. The van der Waals surface area contributed by atoms with E-state index in [4.69, 9.17) is 4.74 Å². The van der Waals surface area contributed by atoms with Crippen molar-refractivity contribution < 1.29 is 17.9 Å². The van der Waals surface area contributed by atoms with E-state index in [-0.39, 0.29) is 17.0 Å². The second-order valence-electron chi connectivity index (χ2n) is 6.56. The van der Waals surface area contributed by atoms with Gasteiger partial charge in [0.15, 0.2) is 0 Å². The maximum Gasteiger partial charge on any atom is 0.323 e. The van der Waals surface area contributed by atoms with Gasteiger partial charge in [-0.15, -0.1) is 0 Å². The number of carbonyl (C=O) groups excluding carboxylic acids is 1. The molecule has 8 nitrogen and oxygen atoms in total. The van der Waals surface area contributed by atoms with E-state index >= 15 is 0 Å². The Bertz CT molecular complexity index is 931. The first-order chi connectivity index (χ1) is 13.4. The number of likely N-dealkylation sites (tertiary alicyclic amines) is 1. The van der Waals surface area contributed by atoms with Crippen LogP contribution in [0.15, 0.2) is 47.5 Å². The molecular weight excluding hydrogens is 380 g/mol. The van der Waals surface area contributed by atoms with E-state index < -0.39 is 10.0 Å². The van der Waals surface area contributed by atoms with Crippen molar-refractivity contribution in [3.05, 3.63) is 48.2 Å². The molecule has 0 spiro atoms. The summed E-state index contributed by atoms with van der Waals surface area (Å²) in [6.45, 7) is 0.673. The van der Waals surface area contributed by atoms with E-state index in [1.54, 1.807) is 12.0 Å². The minimum absolute atomic E-state index is 0.0464. The number of pyridine rings is 1. The molecule has 3 rings (SSSR count). The first kappa shape index (κ1) is 20.1. The van der Waals surface area contributed by atoms with E-state index in [1.807, 2.05) is 24.3 Å². The van der Waals surface area contributed by atoms with Gasteiger partial charge < -0.3 is 9.64 Å². The first-order valence-electron chi connectivity index (χ1n) is 9.03. The molecule has 0 radical (unpaired) electrons. The van der Waals surface area contributed by atoms with Crippen molar-refractivity contribution in [1.29, 1.82) is 0 Å². The third-order valence-electron chi connectivity index (χ3n) is 4.79. The molecule has 0 saturated carbocycles. The molecule has 9 heteroatoms. The molecule has 1 aromatic heterocycles. The average molecular weight is 404 g/mol. The fourth-order valence-electron chi connectivity index (χ4n) is 3.30. The summed E-state index contributed by atoms with van der Waals surface area (Å²) in [6, 6.07) is 10.6. The number of amides is 2. The number of hydrogen-bond donors (Lipinski definition) is 2. The van der Waals surface area contributed by atoms with Crippen molar-refractivity contribution in [3.63, 3.8) is 0 Å². The van der Waals surface area contributed by atoms with Crippen molar-refractivity contribution in [2.24, 2.45) is 0 Å². The smallest absolute Gasteiger partial charge is 0.323 e. The molecule has 1 aromatic carbocycles. The first-order valence-corrected chi connectivity index (χ1v) is 10.5. The SMILES string of the molecule is CNS(=O)(=O)c1ccc(NC(=O)N2CCCC2Cc2cccc(OC)c2)nc1. The van der Waals surface area contributed by atoms with Gasteiger partial charge in [-0.25, -0.2) is 22.9 Å². The van der Waals surface area contributed by atoms with Crippen LogP contribution in [-0.4, -0.2) is 51.1 Å². The summed E-state index contributed by atoms with van der Waals surface area (Å²) in [6.07, 6.45) is 3.84. The van der Waals surface area contributed by atoms with Crippen LogP contribution in [0.4, 0.5) is 10.6 Å². The number of nitrogens with one attached hydrogen (secondary N) is 2. The molecule has 1 aliphatic rings. The van der Waals surface area contributed by atoms with Crippen molar-refractivity contribution in [3.8, 4) is 5.75 Å². The lowest BCUT2D eigenvalue weighted by atomic mass is 10.0. The number of nitrogens with zero attached hydrogens (tertiary/aromatic N) is 2. The van der Waals surface area contributed by atoms with Gasteiger partial charge in [-0.1, -0.05) is 12.1 Å². The van der Waals surface area contributed by atoms with Crippen LogP contribution >= 0.6 is 0 Å². The van der Waals surface area contributed by atoms with Gasteiger partial charge in [0.05, 0.1) is 7.11 Å². The molecule has 1 fully saturated rings. The Morgan fingerprint density at radius 2 is 2.14 bits per heavy atom. The molecule has 2 N–H and O–H groups in total. The Hall–Kier alpha value is -2.65. The molecule has 1 saturated heterocycles.